The van der Waals surface area contributed by atoms with Crippen LogP contribution in [-0.2, 0) is 16.1 Å². The van der Waals surface area contributed by atoms with Gasteiger partial charge in [0.05, 0.1) is 12.7 Å². The van der Waals surface area contributed by atoms with Gasteiger partial charge < -0.3 is 9.64 Å². The topological polar surface area (TPSA) is 46.6 Å². The molecular formula is C15H19NO3. The zero-order chi connectivity index (χ0) is 14.0. The molecule has 1 saturated carbocycles. The summed E-state index contributed by atoms with van der Waals surface area (Å²) in [6, 6.07) is 7.15. The van der Waals surface area contributed by atoms with Crippen LogP contribution in [-0.4, -0.2) is 30.9 Å². The fourth-order valence-corrected chi connectivity index (χ4v) is 2.17. The number of esters is 1. The molecule has 1 aliphatic carbocycles. The predicted molar refractivity (Wildman–Crippen MR) is 71.5 cm³/mol. The summed E-state index contributed by atoms with van der Waals surface area (Å²) in [6.07, 6.45) is 1.00. The lowest BCUT2D eigenvalue weighted by Crippen LogP contribution is -2.28. The van der Waals surface area contributed by atoms with Crippen LogP contribution in [0.2, 0.25) is 0 Å². The van der Waals surface area contributed by atoms with Gasteiger partial charge in [-0.1, -0.05) is 19.1 Å². The van der Waals surface area contributed by atoms with Gasteiger partial charge in [-0.25, -0.2) is 4.79 Å². The number of hydrogen-bond donors (Lipinski definition) is 0. The van der Waals surface area contributed by atoms with Gasteiger partial charge in [0.25, 0.3) is 0 Å². The van der Waals surface area contributed by atoms with Crippen molar-refractivity contribution in [2.75, 3.05) is 14.2 Å². The third-order valence-corrected chi connectivity index (χ3v) is 3.60. The van der Waals surface area contributed by atoms with Crippen molar-refractivity contribution in [3.05, 3.63) is 35.4 Å². The van der Waals surface area contributed by atoms with Crippen LogP contribution < -0.4 is 0 Å². The number of ether oxygens (including phenoxy) is 1. The van der Waals surface area contributed by atoms with Crippen molar-refractivity contribution < 1.29 is 14.3 Å². The molecule has 0 aromatic heterocycles. The number of carbonyl (C=O) groups is 2. The number of hydrogen-bond acceptors (Lipinski definition) is 3. The van der Waals surface area contributed by atoms with E-state index in [0.29, 0.717) is 18.0 Å². The standard InChI is InChI=1S/C15H19NO3/c1-10-8-13(10)14(17)16(2)9-11-4-6-12(7-5-11)15(18)19-3/h4-7,10,13H,8-9H2,1-3H3. The minimum Gasteiger partial charge on any atom is -0.465 e. The van der Waals surface area contributed by atoms with Crippen LogP contribution in [0.25, 0.3) is 0 Å². The molecule has 0 spiro atoms. The van der Waals surface area contributed by atoms with Crippen LogP contribution in [0, 0.1) is 11.8 Å². The van der Waals surface area contributed by atoms with E-state index in [-0.39, 0.29) is 17.8 Å². The third-order valence-electron chi connectivity index (χ3n) is 3.60. The Balaban J connectivity index is 1.95. The van der Waals surface area contributed by atoms with Crippen LogP contribution in [0.3, 0.4) is 0 Å². The zero-order valence-electron chi connectivity index (χ0n) is 11.6. The fraction of sp³-hybridized carbons (Fsp3) is 0.467. The summed E-state index contributed by atoms with van der Waals surface area (Å²) in [4.78, 5) is 25.0. The van der Waals surface area contributed by atoms with E-state index in [4.69, 9.17) is 0 Å². The van der Waals surface area contributed by atoms with Crippen molar-refractivity contribution in [1.82, 2.24) is 4.90 Å². The Hall–Kier alpha value is -1.84. The molecule has 0 N–H and O–H groups in total. The van der Waals surface area contributed by atoms with Crippen molar-refractivity contribution in [3.63, 3.8) is 0 Å². The molecule has 1 aliphatic rings. The Labute approximate surface area is 113 Å². The normalized spacial score (nSPS) is 20.8. The average Bonchev–Trinajstić information content (AvgIpc) is 3.14. The lowest BCUT2D eigenvalue weighted by atomic mass is 10.1. The monoisotopic (exact) mass is 261 g/mol. The minimum absolute atomic E-state index is 0.208. The third kappa shape index (κ3) is 3.13. The highest BCUT2D eigenvalue weighted by atomic mass is 16.5. The molecule has 0 heterocycles. The van der Waals surface area contributed by atoms with E-state index in [0.717, 1.165) is 12.0 Å². The second kappa shape index (κ2) is 5.43. The fourth-order valence-electron chi connectivity index (χ4n) is 2.17. The number of amides is 1. The molecular weight excluding hydrogens is 242 g/mol. The lowest BCUT2D eigenvalue weighted by molar-refractivity contribution is -0.132. The van der Waals surface area contributed by atoms with E-state index < -0.39 is 0 Å². The molecule has 4 nitrogen and oxygen atoms in total. The zero-order valence-corrected chi connectivity index (χ0v) is 11.6. The Kier molecular flexibility index (Phi) is 3.88. The second-order valence-electron chi connectivity index (χ2n) is 5.20. The number of nitrogens with zero attached hydrogens (tertiary/aromatic N) is 1. The van der Waals surface area contributed by atoms with E-state index in [1.807, 2.05) is 19.2 Å². The Morgan fingerprint density at radius 1 is 1.32 bits per heavy atom. The number of carbonyl (C=O) groups excluding carboxylic acids is 2. The minimum atomic E-state index is -0.345. The Bertz CT molecular complexity index is 481. The van der Waals surface area contributed by atoms with Crippen molar-refractivity contribution in [3.8, 4) is 0 Å². The van der Waals surface area contributed by atoms with Crippen LogP contribution in [0.5, 0.6) is 0 Å². The van der Waals surface area contributed by atoms with E-state index in [9.17, 15) is 9.59 Å². The maximum Gasteiger partial charge on any atom is 0.337 e. The van der Waals surface area contributed by atoms with Gasteiger partial charge >= 0.3 is 5.97 Å². The Morgan fingerprint density at radius 2 is 1.89 bits per heavy atom. The van der Waals surface area contributed by atoms with E-state index >= 15 is 0 Å². The number of methoxy groups -OCH3 is 1. The highest BCUT2D eigenvalue weighted by Crippen LogP contribution is 2.39. The average molecular weight is 261 g/mol. The van der Waals surface area contributed by atoms with E-state index in [2.05, 4.69) is 11.7 Å². The molecule has 1 fully saturated rings. The molecule has 2 atom stereocenters. The summed E-state index contributed by atoms with van der Waals surface area (Å²) in [5.74, 6) is 0.600. The highest BCUT2D eigenvalue weighted by molar-refractivity contribution is 5.89. The molecule has 2 unspecified atom stereocenters. The Morgan fingerprint density at radius 3 is 2.37 bits per heavy atom. The summed E-state index contributed by atoms with van der Waals surface area (Å²) in [6.45, 7) is 2.67. The van der Waals surface area contributed by atoms with Gasteiger partial charge in [0.2, 0.25) is 5.91 Å². The first-order chi connectivity index (χ1) is 9.02. The summed E-state index contributed by atoms with van der Waals surface area (Å²) < 4.78 is 4.64. The lowest BCUT2D eigenvalue weighted by Gasteiger charge is -2.17. The van der Waals surface area contributed by atoms with Gasteiger partial charge in [-0.3, -0.25) is 4.79 Å². The first-order valence-electron chi connectivity index (χ1n) is 6.45. The molecule has 0 saturated heterocycles. The molecule has 2 rings (SSSR count). The van der Waals surface area contributed by atoms with Gasteiger partial charge in [-0.2, -0.15) is 0 Å². The smallest absolute Gasteiger partial charge is 0.337 e. The number of benzene rings is 1. The van der Waals surface area contributed by atoms with E-state index in [1.165, 1.54) is 7.11 Å². The van der Waals surface area contributed by atoms with Gasteiger partial charge in [-0.15, -0.1) is 0 Å². The molecule has 4 heteroatoms. The van der Waals surface area contributed by atoms with Crippen LogP contribution >= 0.6 is 0 Å². The summed E-state index contributed by atoms with van der Waals surface area (Å²) in [7, 11) is 3.18. The first-order valence-corrected chi connectivity index (χ1v) is 6.45. The predicted octanol–water partition coefficient (Wildman–Crippen LogP) is 2.09. The van der Waals surface area contributed by atoms with Crippen LogP contribution in [0.1, 0.15) is 29.3 Å². The molecule has 1 aromatic carbocycles. The van der Waals surface area contributed by atoms with E-state index in [1.54, 1.807) is 17.0 Å². The molecule has 1 amide bonds. The second-order valence-corrected chi connectivity index (χ2v) is 5.20. The molecule has 102 valence electrons. The summed E-state index contributed by atoms with van der Waals surface area (Å²) >= 11 is 0. The van der Waals surface area contributed by atoms with Crippen molar-refractivity contribution in [2.45, 2.75) is 19.9 Å². The van der Waals surface area contributed by atoms with Crippen molar-refractivity contribution >= 4 is 11.9 Å². The van der Waals surface area contributed by atoms with Gasteiger partial charge in [0.1, 0.15) is 0 Å². The van der Waals surface area contributed by atoms with Crippen molar-refractivity contribution in [2.24, 2.45) is 11.8 Å². The molecule has 0 bridgehead atoms. The van der Waals surface area contributed by atoms with Crippen molar-refractivity contribution in [1.29, 1.82) is 0 Å². The maximum absolute atomic E-state index is 12.0. The highest BCUT2D eigenvalue weighted by Gasteiger charge is 2.40. The van der Waals surface area contributed by atoms with Gasteiger partial charge in [-0.05, 0) is 30.0 Å². The van der Waals surface area contributed by atoms with Crippen LogP contribution in [0.15, 0.2) is 24.3 Å². The molecule has 19 heavy (non-hydrogen) atoms. The largest absolute Gasteiger partial charge is 0.465 e. The number of rotatable bonds is 4. The quantitative estimate of drug-likeness (QED) is 0.780. The molecule has 0 radical (unpaired) electrons. The molecule has 1 aromatic rings. The summed E-state index contributed by atoms with van der Waals surface area (Å²) in [5, 5.41) is 0. The van der Waals surface area contributed by atoms with Gasteiger partial charge in [0.15, 0.2) is 0 Å². The van der Waals surface area contributed by atoms with Crippen LogP contribution in [0.4, 0.5) is 0 Å². The SMILES string of the molecule is COC(=O)c1ccc(CN(C)C(=O)C2CC2C)cc1. The maximum atomic E-state index is 12.0. The summed E-state index contributed by atoms with van der Waals surface area (Å²) in [5.41, 5.74) is 1.54. The van der Waals surface area contributed by atoms with Gasteiger partial charge in [0, 0.05) is 19.5 Å². The molecule has 0 aliphatic heterocycles. The first kappa shape index (κ1) is 13.6.